The normalized spacial score (nSPS) is 17.3. The van der Waals surface area contributed by atoms with Crippen LogP contribution in [0.4, 0.5) is 0 Å². The molecule has 2 rings (SSSR count). The molecule has 2 N–H and O–H groups in total. The molecule has 0 saturated heterocycles. The summed E-state index contributed by atoms with van der Waals surface area (Å²) in [6.07, 6.45) is 5.44. The highest BCUT2D eigenvalue weighted by Gasteiger charge is 2.16. The Hall–Kier alpha value is -1.10. The third-order valence-electron chi connectivity index (χ3n) is 3.62. The van der Waals surface area contributed by atoms with Gasteiger partial charge in [0.05, 0.1) is 12.6 Å². The number of aliphatic hydroxyl groups excluding tert-OH is 1. The van der Waals surface area contributed by atoms with Gasteiger partial charge in [0.15, 0.2) is 0 Å². The SMILES string of the molecule is CCc1cccc(OCC(O)CNOC2CCCC2)c1. The molecule has 1 aliphatic carbocycles. The van der Waals surface area contributed by atoms with E-state index < -0.39 is 6.10 Å². The average molecular weight is 279 g/mol. The second kappa shape index (κ2) is 8.25. The molecule has 4 nitrogen and oxygen atoms in total. The van der Waals surface area contributed by atoms with Crippen LogP contribution in [-0.4, -0.2) is 30.5 Å². The number of nitrogens with one attached hydrogen (secondary N) is 1. The van der Waals surface area contributed by atoms with Crippen molar-refractivity contribution >= 4 is 0 Å². The minimum atomic E-state index is -0.568. The van der Waals surface area contributed by atoms with Crippen LogP contribution in [-0.2, 0) is 11.3 Å². The monoisotopic (exact) mass is 279 g/mol. The zero-order valence-corrected chi connectivity index (χ0v) is 12.2. The summed E-state index contributed by atoms with van der Waals surface area (Å²) in [5.41, 5.74) is 4.09. The zero-order chi connectivity index (χ0) is 14.2. The highest BCUT2D eigenvalue weighted by molar-refractivity contribution is 5.28. The molecule has 1 atom stereocenters. The Bertz CT molecular complexity index is 391. The molecule has 20 heavy (non-hydrogen) atoms. The van der Waals surface area contributed by atoms with Crippen molar-refractivity contribution in [3.05, 3.63) is 29.8 Å². The van der Waals surface area contributed by atoms with Gasteiger partial charge in [0, 0.05) is 0 Å². The topological polar surface area (TPSA) is 50.7 Å². The molecule has 1 aromatic rings. The molecule has 1 unspecified atom stereocenters. The molecule has 0 aromatic heterocycles. The number of benzene rings is 1. The van der Waals surface area contributed by atoms with E-state index in [1.165, 1.54) is 18.4 Å². The summed E-state index contributed by atoms with van der Waals surface area (Å²) in [5.74, 6) is 0.806. The fraction of sp³-hybridized carbons (Fsp3) is 0.625. The van der Waals surface area contributed by atoms with Gasteiger partial charge in [-0.05, 0) is 37.0 Å². The van der Waals surface area contributed by atoms with Crippen molar-refractivity contribution in [1.29, 1.82) is 0 Å². The maximum absolute atomic E-state index is 9.84. The van der Waals surface area contributed by atoms with E-state index in [1.807, 2.05) is 18.2 Å². The van der Waals surface area contributed by atoms with E-state index in [-0.39, 0.29) is 6.61 Å². The highest BCUT2D eigenvalue weighted by Crippen LogP contribution is 2.19. The first-order valence-corrected chi connectivity index (χ1v) is 7.56. The van der Waals surface area contributed by atoms with Crippen LogP contribution < -0.4 is 10.2 Å². The van der Waals surface area contributed by atoms with Crippen molar-refractivity contribution in [1.82, 2.24) is 5.48 Å². The summed E-state index contributed by atoms with van der Waals surface area (Å²) >= 11 is 0. The molecular weight excluding hydrogens is 254 g/mol. The molecule has 1 aliphatic rings. The van der Waals surface area contributed by atoms with Gasteiger partial charge in [0.2, 0.25) is 0 Å². The van der Waals surface area contributed by atoms with Gasteiger partial charge < -0.3 is 9.84 Å². The van der Waals surface area contributed by atoms with E-state index in [0.29, 0.717) is 12.6 Å². The highest BCUT2D eigenvalue weighted by atomic mass is 16.7. The largest absolute Gasteiger partial charge is 0.491 e. The maximum Gasteiger partial charge on any atom is 0.119 e. The molecule has 1 aromatic carbocycles. The van der Waals surface area contributed by atoms with Crippen LogP contribution in [0, 0.1) is 0 Å². The van der Waals surface area contributed by atoms with Crippen molar-refractivity contribution in [2.45, 2.75) is 51.2 Å². The summed E-state index contributed by atoms with van der Waals surface area (Å²) in [4.78, 5) is 5.50. The van der Waals surface area contributed by atoms with Crippen molar-refractivity contribution in [2.24, 2.45) is 0 Å². The average Bonchev–Trinajstić information content (AvgIpc) is 2.98. The first-order chi connectivity index (χ1) is 9.78. The Balaban J connectivity index is 1.62. The summed E-state index contributed by atoms with van der Waals surface area (Å²) in [5, 5.41) is 9.84. The molecule has 0 bridgehead atoms. The molecule has 0 heterocycles. The number of rotatable bonds is 8. The van der Waals surface area contributed by atoms with Crippen molar-refractivity contribution in [3.63, 3.8) is 0 Å². The van der Waals surface area contributed by atoms with Gasteiger partial charge in [0.1, 0.15) is 18.5 Å². The Morgan fingerprint density at radius 2 is 2.15 bits per heavy atom. The van der Waals surface area contributed by atoms with E-state index in [0.717, 1.165) is 25.0 Å². The first-order valence-electron chi connectivity index (χ1n) is 7.56. The fourth-order valence-electron chi connectivity index (χ4n) is 2.37. The zero-order valence-electron chi connectivity index (χ0n) is 12.2. The second-order valence-corrected chi connectivity index (χ2v) is 5.34. The molecule has 4 heteroatoms. The van der Waals surface area contributed by atoms with Crippen molar-refractivity contribution in [3.8, 4) is 5.75 Å². The van der Waals surface area contributed by atoms with Crippen LogP contribution in [0.3, 0.4) is 0 Å². The van der Waals surface area contributed by atoms with Gasteiger partial charge in [-0.2, -0.15) is 5.48 Å². The molecular formula is C16H25NO3. The number of hydroxylamine groups is 1. The van der Waals surface area contributed by atoms with Crippen LogP contribution in [0.1, 0.15) is 38.2 Å². The summed E-state index contributed by atoms with van der Waals surface area (Å²) in [6.45, 7) is 2.77. The second-order valence-electron chi connectivity index (χ2n) is 5.34. The number of ether oxygens (including phenoxy) is 1. The van der Waals surface area contributed by atoms with E-state index in [2.05, 4.69) is 18.5 Å². The van der Waals surface area contributed by atoms with Gasteiger partial charge in [-0.15, -0.1) is 0 Å². The Morgan fingerprint density at radius 3 is 2.90 bits per heavy atom. The minimum Gasteiger partial charge on any atom is -0.491 e. The van der Waals surface area contributed by atoms with Crippen molar-refractivity contribution < 1.29 is 14.7 Å². The fourth-order valence-corrected chi connectivity index (χ4v) is 2.37. The lowest BCUT2D eigenvalue weighted by molar-refractivity contribution is -0.0417. The molecule has 1 fully saturated rings. The standard InChI is InChI=1S/C16H25NO3/c1-2-13-6-5-9-16(10-13)19-12-14(18)11-17-20-15-7-3-4-8-15/h5-6,9-10,14-15,17-18H,2-4,7-8,11-12H2,1H3. The Morgan fingerprint density at radius 1 is 1.35 bits per heavy atom. The number of hydrogen-bond acceptors (Lipinski definition) is 4. The summed E-state index contributed by atoms with van der Waals surface area (Å²) in [6, 6.07) is 7.96. The quantitative estimate of drug-likeness (QED) is 0.718. The summed E-state index contributed by atoms with van der Waals surface area (Å²) in [7, 11) is 0. The lowest BCUT2D eigenvalue weighted by Gasteiger charge is -2.16. The third-order valence-corrected chi connectivity index (χ3v) is 3.62. The first kappa shape index (κ1) is 15.3. The van der Waals surface area contributed by atoms with E-state index in [1.54, 1.807) is 0 Å². The van der Waals surface area contributed by atoms with Crippen LogP contribution in [0.25, 0.3) is 0 Å². The third kappa shape index (κ3) is 5.12. The smallest absolute Gasteiger partial charge is 0.119 e. The molecule has 0 amide bonds. The molecule has 0 aliphatic heterocycles. The van der Waals surface area contributed by atoms with Gasteiger partial charge in [0.25, 0.3) is 0 Å². The lowest BCUT2D eigenvalue weighted by Crippen LogP contribution is -2.33. The molecule has 0 spiro atoms. The molecule has 1 saturated carbocycles. The van der Waals surface area contributed by atoms with Crippen LogP contribution >= 0.6 is 0 Å². The number of aliphatic hydroxyl groups is 1. The van der Waals surface area contributed by atoms with Crippen LogP contribution in [0.2, 0.25) is 0 Å². The van der Waals surface area contributed by atoms with E-state index in [9.17, 15) is 5.11 Å². The summed E-state index contributed by atoms with van der Waals surface area (Å²) < 4.78 is 5.59. The van der Waals surface area contributed by atoms with Crippen LogP contribution in [0.5, 0.6) is 5.75 Å². The Kier molecular flexibility index (Phi) is 6.30. The molecule has 112 valence electrons. The van der Waals surface area contributed by atoms with Crippen molar-refractivity contribution in [2.75, 3.05) is 13.2 Å². The van der Waals surface area contributed by atoms with Gasteiger partial charge in [-0.3, -0.25) is 4.84 Å². The predicted molar refractivity (Wildman–Crippen MR) is 78.7 cm³/mol. The van der Waals surface area contributed by atoms with Gasteiger partial charge >= 0.3 is 0 Å². The number of aryl methyl sites for hydroxylation is 1. The van der Waals surface area contributed by atoms with Crippen LogP contribution in [0.15, 0.2) is 24.3 Å². The minimum absolute atomic E-state index is 0.272. The van der Waals surface area contributed by atoms with Gasteiger partial charge in [-0.25, -0.2) is 0 Å². The maximum atomic E-state index is 9.84. The number of hydrogen-bond donors (Lipinski definition) is 2. The van der Waals surface area contributed by atoms with Gasteiger partial charge in [-0.1, -0.05) is 31.9 Å². The van der Waals surface area contributed by atoms with E-state index >= 15 is 0 Å². The predicted octanol–water partition coefficient (Wildman–Crippen LogP) is 2.45. The molecule has 0 radical (unpaired) electrons. The lowest BCUT2D eigenvalue weighted by atomic mass is 10.2. The van der Waals surface area contributed by atoms with E-state index in [4.69, 9.17) is 9.57 Å². The Labute approximate surface area is 121 Å².